The van der Waals surface area contributed by atoms with Crippen LogP contribution in [0.25, 0.3) is 0 Å². The average molecular weight is 343 g/mol. The number of para-hydroxylation sites is 2. The van der Waals surface area contributed by atoms with E-state index < -0.39 is 0 Å². The molecule has 2 aromatic carbocycles. The van der Waals surface area contributed by atoms with Crippen LogP contribution in [0.2, 0.25) is 0 Å². The first-order valence-corrected chi connectivity index (χ1v) is 8.50. The van der Waals surface area contributed by atoms with E-state index in [0.717, 1.165) is 6.42 Å². The van der Waals surface area contributed by atoms with Crippen LogP contribution in [0.4, 0.5) is 5.69 Å². The lowest BCUT2D eigenvalue weighted by molar-refractivity contribution is 0.101. The van der Waals surface area contributed by atoms with Gasteiger partial charge in [-0.2, -0.15) is 0 Å². The summed E-state index contributed by atoms with van der Waals surface area (Å²) in [4.78, 5) is 11.6. The number of phenolic OH excluding ortho intramolecular Hbond substituents is 1. The third-order valence-electron chi connectivity index (χ3n) is 3.84. The molecule has 0 amide bonds. The molecule has 2 aromatic rings. The standard InChI is InChI=1S/C20H25NO4/c1-3-7-16-18(11-10-15(14(2)22)20(16)23)24-12-6-13-25-19-9-5-4-8-17(19)21/h4-5,8-11,23H,3,6-7,12-13,21H2,1-2H3. The maximum Gasteiger partial charge on any atom is 0.163 e. The highest BCUT2D eigenvalue weighted by Crippen LogP contribution is 2.33. The number of nitrogens with two attached hydrogens (primary N) is 1. The average Bonchev–Trinajstić information content (AvgIpc) is 2.58. The summed E-state index contributed by atoms with van der Waals surface area (Å²) in [6.45, 7) is 4.39. The van der Waals surface area contributed by atoms with Crippen LogP contribution in [-0.4, -0.2) is 24.1 Å². The van der Waals surface area contributed by atoms with Gasteiger partial charge in [-0.05, 0) is 37.6 Å². The summed E-state index contributed by atoms with van der Waals surface area (Å²) in [5.74, 6) is 1.15. The van der Waals surface area contributed by atoms with Crippen LogP contribution >= 0.6 is 0 Å². The van der Waals surface area contributed by atoms with Gasteiger partial charge in [-0.3, -0.25) is 4.79 Å². The molecule has 0 spiro atoms. The largest absolute Gasteiger partial charge is 0.507 e. The molecule has 5 nitrogen and oxygen atoms in total. The Hall–Kier alpha value is -2.69. The Morgan fingerprint density at radius 1 is 1.08 bits per heavy atom. The monoisotopic (exact) mass is 343 g/mol. The topological polar surface area (TPSA) is 81.8 Å². The Morgan fingerprint density at radius 3 is 2.40 bits per heavy atom. The van der Waals surface area contributed by atoms with E-state index >= 15 is 0 Å². The molecule has 0 unspecified atom stereocenters. The highest BCUT2D eigenvalue weighted by atomic mass is 16.5. The van der Waals surface area contributed by atoms with Gasteiger partial charge in [0.2, 0.25) is 0 Å². The third kappa shape index (κ3) is 4.89. The first-order valence-electron chi connectivity index (χ1n) is 8.50. The molecule has 0 aliphatic rings. The molecule has 5 heteroatoms. The number of nitrogen functional groups attached to an aromatic ring is 1. The second-order valence-electron chi connectivity index (χ2n) is 5.83. The number of benzene rings is 2. The van der Waals surface area contributed by atoms with Gasteiger partial charge in [-0.15, -0.1) is 0 Å². The number of hydrogen-bond acceptors (Lipinski definition) is 5. The lowest BCUT2D eigenvalue weighted by atomic mass is 10.0. The summed E-state index contributed by atoms with van der Waals surface area (Å²) >= 11 is 0. The number of Topliss-reactive ketones (excluding diaryl/α,β-unsaturated/α-hetero) is 1. The summed E-state index contributed by atoms with van der Waals surface area (Å²) in [5.41, 5.74) is 7.45. The van der Waals surface area contributed by atoms with Crippen molar-refractivity contribution < 1.29 is 19.4 Å². The van der Waals surface area contributed by atoms with Crippen molar-refractivity contribution in [3.63, 3.8) is 0 Å². The zero-order chi connectivity index (χ0) is 18.2. The zero-order valence-electron chi connectivity index (χ0n) is 14.7. The maximum atomic E-state index is 11.6. The van der Waals surface area contributed by atoms with Crippen LogP contribution in [0, 0.1) is 0 Å². The van der Waals surface area contributed by atoms with Crippen molar-refractivity contribution in [3.05, 3.63) is 47.5 Å². The van der Waals surface area contributed by atoms with Crippen LogP contribution in [-0.2, 0) is 6.42 Å². The lowest BCUT2D eigenvalue weighted by Gasteiger charge is -2.15. The molecule has 0 heterocycles. The van der Waals surface area contributed by atoms with Crippen LogP contribution in [0.1, 0.15) is 42.6 Å². The summed E-state index contributed by atoms with van der Waals surface area (Å²) < 4.78 is 11.4. The first-order chi connectivity index (χ1) is 12.0. The second kappa shape index (κ2) is 8.97. The normalized spacial score (nSPS) is 10.5. The number of hydrogen-bond donors (Lipinski definition) is 2. The predicted octanol–water partition coefficient (Wildman–Crippen LogP) is 3.98. The zero-order valence-corrected chi connectivity index (χ0v) is 14.7. The van der Waals surface area contributed by atoms with Gasteiger partial charge >= 0.3 is 0 Å². The molecule has 0 aliphatic carbocycles. The first kappa shape index (κ1) is 18.6. The van der Waals surface area contributed by atoms with Gasteiger partial charge in [0.15, 0.2) is 5.78 Å². The molecule has 0 saturated heterocycles. The summed E-state index contributed by atoms with van der Waals surface area (Å²) in [5, 5.41) is 10.3. The van der Waals surface area contributed by atoms with E-state index in [1.54, 1.807) is 18.2 Å². The van der Waals surface area contributed by atoms with Crippen molar-refractivity contribution in [2.75, 3.05) is 18.9 Å². The number of ketones is 1. The fraction of sp³-hybridized carbons (Fsp3) is 0.350. The van der Waals surface area contributed by atoms with E-state index in [-0.39, 0.29) is 11.5 Å². The Morgan fingerprint density at radius 2 is 1.76 bits per heavy atom. The maximum absolute atomic E-state index is 11.6. The Bertz CT molecular complexity index is 728. The number of aromatic hydroxyl groups is 1. The Kier molecular flexibility index (Phi) is 6.69. The number of carbonyl (C=O) groups excluding carboxylic acids is 1. The van der Waals surface area contributed by atoms with E-state index in [2.05, 4.69) is 0 Å². The molecule has 134 valence electrons. The quantitative estimate of drug-likeness (QED) is 0.409. The highest BCUT2D eigenvalue weighted by molar-refractivity contribution is 5.97. The van der Waals surface area contributed by atoms with Crippen LogP contribution in [0.5, 0.6) is 17.2 Å². The second-order valence-corrected chi connectivity index (χ2v) is 5.83. The van der Waals surface area contributed by atoms with Crippen LogP contribution in [0.3, 0.4) is 0 Å². The molecule has 0 atom stereocenters. The molecule has 3 N–H and O–H groups in total. The number of phenols is 1. The van der Waals surface area contributed by atoms with Gasteiger partial charge in [-0.1, -0.05) is 25.5 Å². The van der Waals surface area contributed by atoms with Gasteiger partial charge in [0.1, 0.15) is 17.2 Å². The predicted molar refractivity (Wildman–Crippen MR) is 98.6 cm³/mol. The molecule has 0 bridgehead atoms. The minimum Gasteiger partial charge on any atom is -0.507 e. The van der Waals surface area contributed by atoms with E-state index in [0.29, 0.717) is 54.4 Å². The lowest BCUT2D eigenvalue weighted by Crippen LogP contribution is -2.08. The molecule has 2 rings (SSSR count). The fourth-order valence-corrected chi connectivity index (χ4v) is 2.56. The molecular formula is C20H25NO4. The molecular weight excluding hydrogens is 318 g/mol. The minimum absolute atomic E-state index is 0.0279. The van der Waals surface area contributed by atoms with E-state index in [1.165, 1.54) is 6.92 Å². The Balaban J connectivity index is 1.93. The number of ether oxygens (including phenoxy) is 2. The molecule has 0 radical (unpaired) electrons. The molecule has 0 fully saturated rings. The summed E-state index contributed by atoms with van der Waals surface area (Å²) in [6.07, 6.45) is 2.18. The van der Waals surface area contributed by atoms with Crippen LogP contribution in [0.15, 0.2) is 36.4 Å². The number of anilines is 1. The smallest absolute Gasteiger partial charge is 0.163 e. The van der Waals surface area contributed by atoms with E-state index in [9.17, 15) is 9.90 Å². The van der Waals surface area contributed by atoms with Crippen molar-refractivity contribution >= 4 is 11.5 Å². The van der Waals surface area contributed by atoms with Gasteiger partial charge in [-0.25, -0.2) is 0 Å². The summed E-state index contributed by atoms with van der Waals surface area (Å²) in [7, 11) is 0. The van der Waals surface area contributed by atoms with E-state index in [1.807, 2.05) is 25.1 Å². The molecule has 0 aromatic heterocycles. The van der Waals surface area contributed by atoms with Gasteiger partial charge in [0.05, 0.1) is 24.5 Å². The van der Waals surface area contributed by atoms with Crippen molar-refractivity contribution in [2.45, 2.75) is 33.1 Å². The molecule has 0 aliphatic heterocycles. The van der Waals surface area contributed by atoms with Gasteiger partial charge < -0.3 is 20.3 Å². The SMILES string of the molecule is CCCc1c(OCCCOc2ccccc2N)ccc(C(C)=O)c1O. The van der Waals surface area contributed by atoms with Crippen molar-refractivity contribution in [2.24, 2.45) is 0 Å². The van der Waals surface area contributed by atoms with E-state index in [4.69, 9.17) is 15.2 Å². The van der Waals surface area contributed by atoms with Gasteiger partial charge in [0.25, 0.3) is 0 Å². The minimum atomic E-state index is -0.157. The van der Waals surface area contributed by atoms with Crippen molar-refractivity contribution in [1.82, 2.24) is 0 Å². The Labute approximate surface area is 148 Å². The number of carbonyl (C=O) groups is 1. The third-order valence-corrected chi connectivity index (χ3v) is 3.84. The van der Waals surface area contributed by atoms with Crippen molar-refractivity contribution in [3.8, 4) is 17.2 Å². The molecule has 0 saturated carbocycles. The van der Waals surface area contributed by atoms with Crippen LogP contribution < -0.4 is 15.2 Å². The number of rotatable bonds is 9. The summed E-state index contributed by atoms with van der Waals surface area (Å²) in [6, 6.07) is 10.7. The highest BCUT2D eigenvalue weighted by Gasteiger charge is 2.15. The van der Waals surface area contributed by atoms with Gasteiger partial charge in [0, 0.05) is 12.0 Å². The molecule has 25 heavy (non-hydrogen) atoms. The fourth-order valence-electron chi connectivity index (χ4n) is 2.56. The van der Waals surface area contributed by atoms with Crippen molar-refractivity contribution in [1.29, 1.82) is 0 Å².